The third kappa shape index (κ3) is 3.41. The van der Waals surface area contributed by atoms with Crippen LogP contribution in [-0.4, -0.2) is 54.6 Å². The first-order valence-corrected chi connectivity index (χ1v) is 9.29. The minimum absolute atomic E-state index is 0.0277. The molecule has 0 bridgehead atoms. The van der Waals surface area contributed by atoms with Gasteiger partial charge in [0.25, 0.3) is 5.91 Å². The van der Waals surface area contributed by atoms with Gasteiger partial charge in [0.15, 0.2) is 11.5 Å². The first kappa shape index (κ1) is 17.6. The number of benzene rings is 1. The zero-order valence-corrected chi connectivity index (χ0v) is 15.8. The highest BCUT2D eigenvalue weighted by atomic mass is 16.5. The number of likely N-dealkylation sites (tertiary alicyclic amines) is 1. The molecule has 27 heavy (non-hydrogen) atoms. The highest BCUT2D eigenvalue weighted by molar-refractivity contribution is 5.93. The second-order valence-electron chi connectivity index (χ2n) is 6.92. The predicted molar refractivity (Wildman–Crippen MR) is 101 cm³/mol. The normalized spacial score (nSPS) is 16.2. The third-order valence-electron chi connectivity index (χ3n) is 5.28. The quantitative estimate of drug-likeness (QED) is 0.825. The Bertz CT molecular complexity index is 832. The van der Waals surface area contributed by atoms with Crippen molar-refractivity contribution in [2.75, 3.05) is 38.8 Å². The Morgan fingerprint density at radius 3 is 2.22 bits per heavy atom. The van der Waals surface area contributed by atoms with E-state index in [0.29, 0.717) is 18.1 Å². The molecule has 0 saturated carbocycles. The Kier molecular flexibility index (Phi) is 4.83. The molecule has 1 aromatic heterocycles. The molecule has 0 atom stereocenters. The summed E-state index contributed by atoms with van der Waals surface area (Å²) in [5, 5.41) is 0. The summed E-state index contributed by atoms with van der Waals surface area (Å²) in [6, 6.07) is 4.07. The smallest absolute Gasteiger partial charge is 0.256 e. The number of aromatic nitrogens is 2. The molecule has 1 fully saturated rings. The average Bonchev–Trinajstić information content (AvgIpc) is 3.26. The second-order valence-corrected chi connectivity index (χ2v) is 6.92. The summed E-state index contributed by atoms with van der Waals surface area (Å²) in [6.45, 7) is 3.18. The number of carbonyl (C=O) groups is 1. The summed E-state index contributed by atoms with van der Waals surface area (Å²) >= 11 is 0. The van der Waals surface area contributed by atoms with Crippen molar-refractivity contribution in [2.45, 2.75) is 25.8 Å². The molecule has 4 rings (SSSR count). The molecule has 0 spiro atoms. The number of fused-ring (bicyclic) bond motifs is 1. The van der Waals surface area contributed by atoms with E-state index in [9.17, 15) is 4.79 Å². The van der Waals surface area contributed by atoms with Crippen molar-refractivity contribution in [2.24, 2.45) is 0 Å². The fourth-order valence-electron chi connectivity index (χ4n) is 3.75. The van der Waals surface area contributed by atoms with Gasteiger partial charge in [-0.2, -0.15) is 0 Å². The summed E-state index contributed by atoms with van der Waals surface area (Å²) in [5.74, 6) is 2.16. The monoisotopic (exact) mass is 368 g/mol. The van der Waals surface area contributed by atoms with Crippen LogP contribution >= 0.6 is 0 Å². The lowest BCUT2D eigenvalue weighted by molar-refractivity contribution is 0.0792. The van der Waals surface area contributed by atoms with Crippen molar-refractivity contribution >= 4 is 11.9 Å². The molecular weight excluding hydrogens is 344 g/mol. The number of hydrogen-bond acceptors (Lipinski definition) is 6. The van der Waals surface area contributed by atoms with Crippen LogP contribution in [-0.2, 0) is 13.0 Å². The molecule has 1 aromatic carbocycles. The summed E-state index contributed by atoms with van der Waals surface area (Å²) in [7, 11) is 3.29. The number of ether oxygens (including phenoxy) is 2. The molecule has 7 heteroatoms. The van der Waals surface area contributed by atoms with Gasteiger partial charge in [-0.25, -0.2) is 9.97 Å². The van der Waals surface area contributed by atoms with Crippen LogP contribution in [0.4, 0.5) is 5.95 Å². The Balaban J connectivity index is 1.51. The van der Waals surface area contributed by atoms with Crippen molar-refractivity contribution in [3.63, 3.8) is 0 Å². The van der Waals surface area contributed by atoms with Crippen LogP contribution in [0.25, 0.3) is 0 Å². The van der Waals surface area contributed by atoms with E-state index in [1.165, 1.54) is 11.1 Å². The van der Waals surface area contributed by atoms with Crippen molar-refractivity contribution in [1.82, 2.24) is 14.9 Å². The van der Waals surface area contributed by atoms with E-state index in [1.807, 2.05) is 17.0 Å². The van der Waals surface area contributed by atoms with E-state index in [1.54, 1.807) is 26.6 Å². The molecule has 3 heterocycles. The Labute approximate surface area is 158 Å². The fraction of sp³-hybridized carbons (Fsp3) is 0.450. The zero-order chi connectivity index (χ0) is 18.8. The van der Waals surface area contributed by atoms with Gasteiger partial charge < -0.3 is 19.3 Å². The summed E-state index contributed by atoms with van der Waals surface area (Å²) in [5.41, 5.74) is 2.99. The lowest BCUT2D eigenvalue weighted by atomic mass is 9.99. The largest absolute Gasteiger partial charge is 0.493 e. The van der Waals surface area contributed by atoms with Crippen LogP contribution < -0.4 is 14.4 Å². The summed E-state index contributed by atoms with van der Waals surface area (Å²) in [4.78, 5) is 25.3. The van der Waals surface area contributed by atoms with Gasteiger partial charge in [-0.3, -0.25) is 4.79 Å². The van der Waals surface area contributed by atoms with Crippen molar-refractivity contribution < 1.29 is 14.3 Å². The number of rotatable bonds is 4. The Morgan fingerprint density at radius 2 is 1.59 bits per heavy atom. The maximum Gasteiger partial charge on any atom is 0.256 e. The van der Waals surface area contributed by atoms with Gasteiger partial charge in [-0.15, -0.1) is 0 Å². The van der Waals surface area contributed by atoms with Crippen LogP contribution in [0.1, 0.15) is 34.3 Å². The van der Waals surface area contributed by atoms with Gasteiger partial charge in [0.2, 0.25) is 5.95 Å². The van der Waals surface area contributed by atoms with Gasteiger partial charge in [-0.1, -0.05) is 0 Å². The third-order valence-corrected chi connectivity index (χ3v) is 5.28. The van der Waals surface area contributed by atoms with Crippen molar-refractivity contribution in [3.8, 4) is 11.5 Å². The molecule has 2 aliphatic heterocycles. The van der Waals surface area contributed by atoms with E-state index in [-0.39, 0.29) is 5.91 Å². The maximum atomic E-state index is 12.4. The lowest BCUT2D eigenvalue weighted by Crippen LogP contribution is -2.32. The van der Waals surface area contributed by atoms with Crippen molar-refractivity contribution in [3.05, 3.63) is 41.2 Å². The number of nitrogens with zero attached hydrogens (tertiary/aromatic N) is 4. The Morgan fingerprint density at radius 1 is 0.963 bits per heavy atom. The highest BCUT2D eigenvalue weighted by Gasteiger charge is 2.23. The van der Waals surface area contributed by atoms with Crippen molar-refractivity contribution in [1.29, 1.82) is 0 Å². The standard InChI is InChI=1S/C20H24N4O3/c1-26-17-9-14-5-8-24(13-15(14)10-18(17)27-2)20-21-11-16(12-22-20)19(25)23-6-3-4-7-23/h9-12H,3-8,13H2,1-2H3. The second kappa shape index (κ2) is 7.42. The fourth-order valence-corrected chi connectivity index (χ4v) is 3.75. The molecule has 142 valence electrons. The number of hydrogen-bond donors (Lipinski definition) is 0. The molecule has 2 aliphatic rings. The van der Waals surface area contributed by atoms with Crippen LogP contribution in [0.2, 0.25) is 0 Å². The van der Waals surface area contributed by atoms with Gasteiger partial charge in [0.1, 0.15) is 0 Å². The molecule has 0 N–H and O–H groups in total. The SMILES string of the molecule is COc1cc2c(cc1OC)CN(c1ncc(C(=O)N3CCCC3)cn1)CC2. The molecule has 2 aromatic rings. The molecule has 1 amide bonds. The molecule has 1 saturated heterocycles. The minimum atomic E-state index is 0.0277. The van der Waals surface area contributed by atoms with E-state index >= 15 is 0 Å². The molecule has 7 nitrogen and oxygen atoms in total. The van der Waals surface area contributed by atoms with Gasteiger partial charge >= 0.3 is 0 Å². The maximum absolute atomic E-state index is 12.4. The number of carbonyl (C=O) groups excluding carboxylic acids is 1. The molecule has 0 unspecified atom stereocenters. The summed E-state index contributed by atoms with van der Waals surface area (Å²) < 4.78 is 10.8. The molecular formula is C20H24N4O3. The number of anilines is 1. The first-order chi connectivity index (χ1) is 13.2. The van der Waals surface area contributed by atoms with E-state index < -0.39 is 0 Å². The van der Waals surface area contributed by atoms with Gasteiger partial charge in [0, 0.05) is 38.6 Å². The van der Waals surface area contributed by atoms with Crippen LogP contribution in [0.3, 0.4) is 0 Å². The van der Waals surface area contributed by atoms with Crippen LogP contribution in [0.5, 0.6) is 11.5 Å². The molecule has 0 radical (unpaired) electrons. The Hall–Kier alpha value is -2.83. The number of amides is 1. The van der Waals surface area contributed by atoms with Gasteiger partial charge in [-0.05, 0) is 42.5 Å². The first-order valence-electron chi connectivity index (χ1n) is 9.29. The van der Waals surface area contributed by atoms with E-state index in [0.717, 1.165) is 50.4 Å². The number of methoxy groups -OCH3 is 2. The topological polar surface area (TPSA) is 67.8 Å². The highest BCUT2D eigenvalue weighted by Crippen LogP contribution is 2.33. The summed E-state index contributed by atoms with van der Waals surface area (Å²) in [6.07, 6.45) is 6.33. The van der Waals surface area contributed by atoms with Gasteiger partial charge in [0.05, 0.1) is 19.8 Å². The minimum Gasteiger partial charge on any atom is -0.493 e. The predicted octanol–water partition coefficient (Wildman–Crippen LogP) is 2.29. The van der Waals surface area contributed by atoms with E-state index in [2.05, 4.69) is 14.9 Å². The molecule has 0 aliphatic carbocycles. The van der Waals surface area contributed by atoms with Crippen LogP contribution in [0, 0.1) is 0 Å². The average molecular weight is 368 g/mol. The van der Waals surface area contributed by atoms with E-state index in [4.69, 9.17) is 9.47 Å². The lowest BCUT2D eigenvalue weighted by Gasteiger charge is -2.29. The zero-order valence-electron chi connectivity index (χ0n) is 15.8. The van der Waals surface area contributed by atoms with Crippen LogP contribution in [0.15, 0.2) is 24.5 Å².